The highest BCUT2D eigenvalue weighted by atomic mass is 19.1. The number of ether oxygens (including phenoxy) is 1. The molecule has 9 nitrogen and oxygen atoms in total. The van der Waals surface area contributed by atoms with E-state index >= 15 is 4.39 Å². The van der Waals surface area contributed by atoms with Crippen molar-refractivity contribution in [3.05, 3.63) is 47.9 Å². The number of benzene rings is 2. The van der Waals surface area contributed by atoms with Crippen molar-refractivity contribution in [2.75, 3.05) is 37.7 Å². The van der Waals surface area contributed by atoms with Gasteiger partial charge in [0.1, 0.15) is 28.9 Å². The van der Waals surface area contributed by atoms with Gasteiger partial charge in [-0.2, -0.15) is 9.97 Å². The third kappa shape index (κ3) is 5.24. The Kier molecular flexibility index (Phi) is 7.74. The number of aromatic hydroxyl groups is 1. The first-order chi connectivity index (χ1) is 21.7. The lowest BCUT2D eigenvalue weighted by Gasteiger charge is -2.53. The highest BCUT2D eigenvalue weighted by molar-refractivity contribution is 6.01. The zero-order valence-electron chi connectivity index (χ0n) is 25.6. The maximum Gasteiger partial charge on any atom is 0.319 e. The maximum absolute atomic E-state index is 16.8. The van der Waals surface area contributed by atoms with E-state index in [9.17, 15) is 19.7 Å². The normalized spacial score (nSPS) is 28.5. The van der Waals surface area contributed by atoms with Gasteiger partial charge in [-0.25, -0.2) is 8.78 Å². The molecule has 2 aromatic heterocycles. The van der Waals surface area contributed by atoms with Gasteiger partial charge >= 0.3 is 6.01 Å². The average Bonchev–Trinajstić information content (AvgIpc) is 3.02. The zero-order chi connectivity index (χ0) is 31.5. The number of pyridine rings is 1. The Morgan fingerprint density at radius 2 is 1.96 bits per heavy atom. The monoisotopic (exact) mass is 619 g/mol. The summed E-state index contributed by atoms with van der Waals surface area (Å²) < 4.78 is 37.9. The van der Waals surface area contributed by atoms with Crippen molar-refractivity contribution in [1.29, 1.82) is 0 Å². The molecule has 3 saturated heterocycles. The van der Waals surface area contributed by atoms with Gasteiger partial charge in [-0.1, -0.05) is 25.1 Å². The lowest BCUT2D eigenvalue weighted by Crippen LogP contribution is -2.60. The van der Waals surface area contributed by atoms with Gasteiger partial charge in [-0.3, -0.25) is 9.88 Å². The van der Waals surface area contributed by atoms with Crippen LogP contribution in [-0.4, -0.2) is 92.4 Å². The minimum Gasteiger partial charge on any atom is -0.508 e. The summed E-state index contributed by atoms with van der Waals surface area (Å²) in [6.45, 7) is 6.07. The summed E-state index contributed by atoms with van der Waals surface area (Å²) in [6.07, 6.45) is 1.85. The van der Waals surface area contributed by atoms with Crippen LogP contribution in [-0.2, 0) is 6.42 Å². The van der Waals surface area contributed by atoms with Crippen LogP contribution in [0.1, 0.15) is 45.1 Å². The molecular weight excluding hydrogens is 580 g/mol. The van der Waals surface area contributed by atoms with Gasteiger partial charge in [0, 0.05) is 42.9 Å². The minimum absolute atomic E-state index is 0.00563. The van der Waals surface area contributed by atoms with Gasteiger partial charge < -0.3 is 25.0 Å². The van der Waals surface area contributed by atoms with Crippen molar-refractivity contribution in [3.63, 3.8) is 0 Å². The number of piperidine rings is 3. The number of fused-ring (bicyclic) bond motifs is 4. The number of aliphatic hydroxyl groups excluding tert-OH is 2. The van der Waals surface area contributed by atoms with Crippen LogP contribution < -0.4 is 9.64 Å². The number of aryl methyl sites for hydroxylation is 1. The first-order valence-electron chi connectivity index (χ1n) is 15.9. The summed E-state index contributed by atoms with van der Waals surface area (Å²) in [5.74, 6) is -0.348. The number of hydrogen-bond donors (Lipinski definition) is 3. The summed E-state index contributed by atoms with van der Waals surface area (Å²) in [5.41, 5.74) is 1.06. The molecule has 45 heavy (non-hydrogen) atoms. The molecule has 3 fully saturated rings. The molecule has 0 radical (unpaired) electrons. The molecule has 0 spiro atoms. The Balaban J connectivity index is 1.35. The van der Waals surface area contributed by atoms with Crippen LogP contribution in [0.2, 0.25) is 0 Å². The summed E-state index contributed by atoms with van der Waals surface area (Å²) in [6, 6.07) is 9.01. The fourth-order valence-electron chi connectivity index (χ4n) is 7.76. The molecule has 5 heterocycles. The number of hydrogen-bond acceptors (Lipinski definition) is 9. The molecule has 3 aliphatic heterocycles. The SMILES string of the molecule is CCc1cccc2cc(O)cc(-c3ncc4c(N5CC[C@H](O)[C@@H](O)C5)nc(OC[C@]56CCCN(C[C@H](F)C5)C6C)nc4c3F)c12. The van der Waals surface area contributed by atoms with E-state index in [0.717, 1.165) is 35.7 Å². The van der Waals surface area contributed by atoms with Crippen molar-refractivity contribution in [2.24, 2.45) is 5.41 Å². The van der Waals surface area contributed by atoms with Crippen LogP contribution in [0.3, 0.4) is 0 Å². The number of phenols is 1. The molecule has 11 heteroatoms. The Morgan fingerprint density at radius 3 is 2.76 bits per heavy atom. The largest absolute Gasteiger partial charge is 0.508 e. The number of nitrogens with zero attached hydrogens (tertiary/aromatic N) is 5. The molecule has 7 rings (SSSR count). The first kappa shape index (κ1) is 30.0. The highest BCUT2D eigenvalue weighted by Gasteiger charge is 2.48. The molecule has 4 aromatic rings. The van der Waals surface area contributed by atoms with Crippen LogP contribution in [0.5, 0.6) is 11.8 Å². The van der Waals surface area contributed by atoms with Gasteiger partial charge in [-0.05, 0) is 74.0 Å². The molecule has 6 atom stereocenters. The van der Waals surface area contributed by atoms with Crippen LogP contribution in [0, 0.1) is 11.2 Å². The second-order valence-electron chi connectivity index (χ2n) is 13.0. The second kappa shape index (κ2) is 11.6. The van der Waals surface area contributed by atoms with E-state index < -0.39 is 29.6 Å². The topological polar surface area (TPSA) is 115 Å². The molecule has 2 bridgehead atoms. The quantitative estimate of drug-likeness (QED) is 0.281. The Morgan fingerprint density at radius 1 is 1.11 bits per heavy atom. The lowest BCUT2D eigenvalue weighted by molar-refractivity contribution is -0.0790. The van der Waals surface area contributed by atoms with E-state index in [1.165, 1.54) is 12.3 Å². The van der Waals surface area contributed by atoms with Gasteiger partial charge in [0.15, 0.2) is 5.82 Å². The van der Waals surface area contributed by atoms with Crippen LogP contribution in [0.15, 0.2) is 36.5 Å². The van der Waals surface area contributed by atoms with Gasteiger partial charge in [0.2, 0.25) is 0 Å². The molecule has 3 N–H and O–H groups in total. The average molecular weight is 620 g/mol. The molecule has 0 saturated carbocycles. The molecule has 3 aliphatic rings. The minimum atomic E-state index is -1.01. The van der Waals surface area contributed by atoms with E-state index in [0.29, 0.717) is 49.1 Å². The molecule has 0 amide bonds. The lowest BCUT2D eigenvalue weighted by atomic mass is 9.68. The number of aliphatic hydroxyl groups is 2. The number of halogens is 2. The van der Waals surface area contributed by atoms with Crippen LogP contribution >= 0.6 is 0 Å². The third-order valence-corrected chi connectivity index (χ3v) is 10.3. The van der Waals surface area contributed by atoms with Gasteiger partial charge in [0.25, 0.3) is 0 Å². The van der Waals surface area contributed by atoms with Crippen molar-refractivity contribution in [1.82, 2.24) is 19.9 Å². The Bertz CT molecular complexity index is 1760. The third-order valence-electron chi connectivity index (χ3n) is 10.3. The fraction of sp³-hybridized carbons (Fsp3) is 0.500. The summed E-state index contributed by atoms with van der Waals surface area (Å²) in [7, 11) is 0. The molecule has 0 aliphatic carbocycles. The second-order valence-corrected chi connectivity index (χ2v) is 13.0. The number of alkyl halides is 1. The summed E-state index contributed by atoms with van der Waals surface area (Å²) in [4.78, 5) is 17.8. The zero-order valence-corrected chi connectivity index (χ0v) is 25.6. The van der Waals surface area contributed by atoms with Gasteiger partial charge in [-0.15, -0.1) is 0 Å². The maximum atomic E-state index is 16.8. The predicted molar refractivity (Wildman–Crippen MR) is 168 cm³/mol. The number of rotatable bonds is 6. The molecule has 238 valence electrons. The van der Waals surface area contributed by atoms with E-state index in [-0.39, 0.29) is 42.2 Å². The number of anilines is 1. The molecule has 2 unspecified atom stereocenters. The van der Waals surface area contributed by atoms with Gasteiger partial charge in [0.05, 0.1) is 24.2 Å². The van der Waals surface area contributed by atoms with Crippen molar-refractivity contribution in [2.45, 2.75) is 70.4 Å². The van der Waals surface area contributed by atoms with Crippen LogP contribution in [0.4, 0.5) is 14.6 Å². The number of aromatic nitrogens is 3. The molecule has 2 aromatic carbocycles. The van der Waals surface area contributed by atoms with E-state index in [1.54, 1.807) is 11.0 Å². The Hall–Kier alpha value is -3.67. The Labute approximate surface area is 260 Å². The standard InChI is InChI=1S/C34H39F2N5O4/c1-3-20-6-4-7-21-12-23(42)13-24(28(20)21)30-29(36)31-25(15-37-30)32(41-11-8-26(43)27(44)17-41)39-33(38-31)45-18-34-9-5-10-40(19(34)2)16-22(35)14-34/h4,6-7,12-13,15,19,22,26-27,42-44H,3,5,8-11,14,16-18H2,1-2H3/t19?,22-,26+,27+,34+/m1/s1. The van der Waals surface area contributed by atoms with Crippen molar-refractivity contribution >= 4 is 27.5 Å². The van der Waals surface area contributed by atoms with Crippen molar-refractivity contribution < 1.29 is 28.8 Å². The smallest absolute Gasteiger partial charge is 0.319 e. The first-order valence-corrected chi connectivity index (χ1v) is 15.9. The summed E-state index contributed by atoms with van der Waals surface area (Å²) >= 11 is 0. The fourth-order valence-corrected chi connectivity index (χ4v) is 7.76. The predicted octanol–water partition coefficient (Wildman–Crippen LogP) is 4.78. The van der Waals surface area contributed by atoms with E-state index in [2.05, 4.69) is 21.8 Å². The van der Waals surface area contributed by atoms with E-state index in [4.69, 9.17) is 9.72 Å². The highest BCUT2D eigenvalue weighted by Crippen LogP contribution is 2.45. The van der Waals surface area contributed by atoms with Crippen molar-refractivity contribution in [3.8, 4) is 23.0 Å². The molecular formula is C34H39F2N5O4. The van der Waals surface area contributed by atoms with Crippen LogP contribution in [0.25, 0.3) is 32.9 Å². The number of phenolic OH excluding ortho intramolecular Hbond substituents is 1. The number of β-amino-alcohol motifs (C(OH)–C–C–N with tert-alkyl or cyclic N) is 1. The summed E-state index contributed by atoms with van der Waals surface area (Å²) in [5, 5.41) is 33.1. The van der Waals surface area contributed by atoms with E-state index in [1.807, 2.05) is 25.1 Å².